The van der Waals surface area contributed by atoms with Crippen LogP contribution in [-0.4, -0.2) is 10.1 Å². The number of aromatic amines is 1. The van der Waals surface area contributed by atoms with E-state index in [1.54, 1.807) is 12.3 Å². The lowest BCUT2D eigenvalue weighted by Crippen LogP contribution is -2.20. The first-order valence-corrected chi connectivity index (χ1v) is 8.69. The van der Waals surface area contributed by atoms with E-state index < -0.39 is 6.04 Å². The molecule has 0 unspecified atom stereocenters. The van der Waals surface area contributed by atoms with Crippen LogP contribution in [0.5, 0.6) is 5.75 Å². The fourth-order valence-corrected chi connectivity index (χ4v) is 3.23. The number of benzene rings is 2. The quantitative estimate of drug-likeness (QED) is 0.567. The SMILES string of the molecule is Cc1cccc(N[C@H](c2cccc(F)c2)c2ccc3cccnc3c2O)[nH+]1. The van der Waals surface area contributed by atoms with E-state index in [9.17, 15) is 9.50 Å². The summed E-state index contributed by atoms with van der Waals surface area (Å²) in [7, 11) is 0. The molecule has 2 aromatic carbocycles. The summed E-state index contributed by atoms with van der Waals surface area (Å²) in [6.07, 6.45) is 1.64. The standard InChI is InChI=1S/C22H18FN3O/c1-14-5-2-9-19(25-14)26-20(16-6-3-8-17(23)13-16)18-11-10-15-7-4-12-24-21(15)22(18)27/h2-13,20,27H,1H3,(H,25,26)/p+1/t20-/m1/s1. The Morgan fingerprint density at radius 3 is 2.70 bits per heavy atom. The van der Waals surface area contributed by atoms with E-state index in [4.69, 9.17) is 0 Å². The van der Waals surface area contributed by atoms with Gasteiger partial charge in [-0.15, -0.1) is 0 Å². The van der Waals surface area contributed by atoms with Crippen LogP contribution in [0.4, 0.5) is 10.2 Å². The fraction of sp³-hybridized carbons (Fsp3) is 0.0909. The Labute approximate surface area is 156 Å². The summed E-state index contributed by atoms with van der Waals surface area (Å²) in [5, 5.41) is 15.1. The molecule has 0 radical (unpaired) electrons. The van der Waals surface area contributed by atoms with Gasteiger partial charge in [-0.05, 0) is 37.3 Å². The molecule has 5 heteroatoms. The third-order valence-corrected chi connectivity index (χ3v) is 4.51. The number of halogens is 1. The Morgan fingerprint density at radius 1 is 1.04 bits per heavy atom. The van der Waals surface area contributed by atoms with E-state index in [0.29, 0.717) is 16.6 Å². The minimum atomic E-state index is -0.454. The Balaban J connectivity index is 1.86. The number of nitrogens with one attached hydrogen (secondary N) is 2. The Bertz CT molecular complexity index is 1110. The summed E-state index contributed by atoms with van der Waals surface area (Å²) in [6.45, 7) is 1.96. The second-order valence-electron chi connectivity index (χ2n) is 6.46. The lowest BCUT2D eigenvalue weighted by atomic mass is 9.96. The maximum atomic E-state index is 13.9. The van der Waals surface area contributed by atoms with Crippen molar-refractivity contribution in [2.45, 2.75) is 13.0 Å². The van der Waals surface area contributed by atoms with Gasteiger partial charge in [-0.25, -0.2) is 9.37 Å². The van der Waals surface area contributed by atoms with E-state index in [1.807, 2.05) is 55.5 Å². The molecule has 1 atom stereocenters. The van der Waals surface area contributed by atoms with E-state index >= 15 is 0 Å². The molecule has 0 bridgehead atoms. The van der Waals surface area contributed by atoms with Crippen LogP contribution >= 0.6 is 0 Å². The van der Waals surface area contributed by atoms with Crippen molar-refractivity contribution in [3.63, 3.8) is 0 Å². The summed E-state index contributed by atoms with van der Waals surface area (Å²) in [5.41, 5.74) is 2.84. The van der Waals surface area contributed by atoms with Crippen molar-refractivity contribution < 1.29 is 14.5 Å². The van der Waals surface area contributed by atoms with Gasteiger partial charge in [0.15, 0.2) is 0 Å². The number of phenols is 1. The second-order valence-corrected chi connectivity index (χ2v) is 6.46. The normalized spacial score (nSPS) is 12.1. The maximum Gasteiger partial charge on any atom is 0.273 e. The van der Waals surface area contributed by atoms with Crippen LogP contribution in [0.25, 0.3) is 10.9 Å². The summed E-state index contributed by atoms with van der Waals surface area (Å²) < 4.78 is 13.9. The molecule has 0 fully saturated rings. The van der Waals surface area contributed by atoms with E-state index in [0.717, 1.165) is 16.9 Å². The van der Waals surface area contributed by atoms with Crippen molar-refractivity contribution in [3.8, 4) is 5.75 Å². The smallest absolute Gasteiger partial charge is 0.273 e. The van der Waals surface area contributed by atoms with Gasteiger partial charge in [0.05, 0.1) is 5.69 Å². The van der Waals surface area contributed by atoms with Crippen LogP contribution in [0.2, 0.25) is 0 Å². The first-order valence-electron chi connectivity index (χ1n) is 8.69. The third-order valence-electron chi connectivity index (χ3n) is 4.51. The lowest BCUT2D eigenvalue weighted by Gasteiger charge is -2.18. The van der Waals surface area contributed by atoms with E-state index in [1.165, 1.54) is 12.1 Å². The number of nitrogens with zero attached hydrogens (tertiary/aromatic N) is 1. The van der Waals surface area contributed by atoms with Gasteiger partial charge in [-0.2, -0.15) is 0 Å². The van der Waals surface area contributed by atoms with E-state index in [2.05, 4.69) is 15.3 Å². The number of hydrogen-bond acceptors (Lipinski definition) is 3. The molecule has 3 N–H and O–H groups in total. The van der Waals surface area contributed by atoms with Gasteiger partial charge in [0.2, 0.25) is 0 Å². The molecule has 0 spiro atoms. The third kappa shape index (κ3) is 3.44. The van der Waals surface area contributed by atoms with Crippen LogP contribution in [-0.2, 0) is 0 Å². The molecular weight excluding hydrogens is 341 g/mol. The number of pyridine rings is 2. The zero-order chi connectivity index (χ0) is 18.8. The molecule has 0 amide bonds. The van der Waals surface area contributed by atoms with E-state index in [-0.39, 0.29) is 11.6 Å². The summed E-state index contributed by atoms with van der Waals surface area (Å²) in [6, 6.07) is 19.2. The molecule has 2 heterocycles. The highest BCUT2D eigenvalue weighted by atomic mass is 19.1. The topological polar surface area (TPSA) is 59.3 Å². The molecule has 134 valence electrons. The maximum absolute atomic E-state index is 13.9. The number of aromatic nitrogens is 2. The molecule has 0 aliphatic carbocycles. The average molecular weight is 360 g/mol. The van der Waals surface area contributed by atoms with Gasteiger partial charge >= 0.3 is 0 Å². The van der Waals surface area contributed by atoms with Crippen molar-refractivity contribution in [3.05, 3.63) is 95.6 Å². The number of anilines is 1. The predicted octanol–water partition coefficient (Wildman–Crippen LogP) is 4.40. The molecule has 0 aliphatic heterocycles. The molecule has 0 saturated heterocycles. The summed E-state index contributed by atoms with van der Waals surface area (Å²) >= 11 is 0. The molecule has 2 aromatic heterocycles. The predicted molar refractivity (Wildman–Crippen MR) is 103 cm³/mol. The highest BCUT2D eigenvalue weighted by Gasteiger charge is 2.24. The Kier molecular flexibility index (Phi) is 4.42. The largest absolute Gasteiger partial charge is 0.505 e. The lowest BCUT2D eigenvalue weighted by molar-refractivity contribution is -0.371. The molecule has 4 nitrogen and oxygen atoms in total. The monoisotopic (exact) mass is 360 g/mol. The van der Waals surface area contributed by atoms with Gasteiger partial charge in [0, 0.05) is 28.8 Å². The number of hydrogen-bond donors (Lipinski definition) is 2. The van der Waals surface area contributed by atoms with Gasteiger partial charge in [-0.3, -0.25) is 10.3 Å². The highest BCUT2D eigenvalue weighted by Crippen LogP contribution is 2.36. The molecule has 4 aromatic rings. The van der Waals surface area contributed by atoms with Crippen molar-refractivity contribution in [1.29, 1.82) is 0 Å². The average Bonchev–Trinajstić information content (AvgIpc) is 2.67. The highest BCUT2D eigenvalue weighted by molar-refractivity contribution is 5.85. The second kappa shape index (κ2) is 7.03. The molecule has 27 heavy (non-hydrogen) atoms. The summed E-state index contributed by atoms with van der Waals surface area (Å²) in [4.78, 5) is 7.54. The summed E-state index contributed by atoms with van der Waals surface area (Å²) in [5.74, 6) is 0.526. The van der Waals surface area contributed by atoms with Crippen molar-refractivity contribution in [2.75, 3.05) is 5.32 Å². The van der Waals surface area contributed by atoms with Crippen LogP contribution < -0.4 is 10.3 Å². The molecular formula is C22H19FN3O+. The van der Waals surface area contributed by atoms with Crippen molar-refractivity contribution in [1.82, 2.24) is 4.98 Å². The zero-order valence-corrected chi connectivity index (χ0v) is 14.8. The van der Waals surface area contributed by atoms with Gasteiger partial charge in [0.25, 0.3) is 5.82 Å². The van der Waals surface area contributed by atoms with Crippen molar-refractivity contribution in [2.24, 2.45) is 0 Å². The van der Waals surface area contributed by atoms with Crippen LogP contribution in [0, 0.1) is 12.7 Å². The van der Waals surface area contributed by atoms with Crippen LogP contribution in [0.3, 0.4) is 0 Å². The molecule has 4 rings (SSSR count). The minimum absolute atomic E-state index is 0.0857. The molecule has 0 aliphatic rings. The first-order chi connectivity index (χ1) is 13.1. The van der Waals surface area contributed by atoms with Crippen LogP contribution in [0.15, 0.2) is 72.9 Å². The fourth-order valence-electron chi connectivity index (χ4n) is 3.23. The molecule has 0 saturated carbocycles. The van der Waals surface area contributed by atoms with Gasteiger partial charge < -0.3 is 5.11 Å². The minimum Gasteiger partial charge on any atom is -0.505 e. The number of aromatic hydroxyl groups is 1. The van der Waals surface area contributed by atoms with Crippen molar-refractivity contribution >= 4 is 16.7 Å². The number of aryl methyl sites for hydroxylation is 1. The number of phenolic OH excluding ortho intramolecular Hbond substituents is 1. The number of H-pyrrole nitrogens is 1. The van der Waals surface area contributed by atoms with Gasteiger partial charge in [-0.1, -0.05) is 30.3 Å². The Morgan fingerprint density at radius 2 is 1.89 bits per heavy atom. The van der Waals surface area contributed by atoms with Crippen LogP contribution in [0.1, 0.15) is 22.9 Å². The number of rotatable bonds is 4. The Hall–Kier alpha value is -3.47. The number of fused-ring (bicyclic) bond motifs is 1. The zero-order valence-electron chi connectivity index (χ0n) is 14.8. The van der Waals surface area contributed by atoms with Gasteiger partial charge in [0.1, 0.15) is 23.1 Å². The first kappa shape index (κ1) is 17.0.